The summed E-state index contributed by atoms with van der Waals surface area (Å²) in [6, 6.07) is 17.2. The van der Waals surface area contributed by atoms with E-state index < -0.39 is 10.0 Å². The molecular formula is C18H16ClN3O2S. The number of hydrogen-bond donors (Lipinski definition) is 2. The van der Waals surface area contributed by atoms with E-state index >= 15 is 0 Å². The Hall–Kier alpha value is -2.57. The summed E-state index contributed by atoms with van der Waals surface area (Å²) in [4.78, 5) is 4.27. The highest BCUT2D eigenvalue weighted by molar-refractivity contribution is 7.92. The average Bonchev–Trinajstić information content (AvgIpc) is 2.59. The Morgan fingerprint density at radius 2 is 1.52 bits per heavy atom. The summed E-state index contributed by atoms with van der Waals surface area (Å²) < 4.78 is 27.1. The van der Waals surface area contributed by atoms with Crippen LogP contribution in [0.5, 0.6) is 0 Å². The van der Waals surface area contributed by atoms with Crippen LogP contribution in [-0.4, -0.2) is 13.4 Å². The van der Waals surface area contributed by atoms with Crippen LogP contribution in [0.2, 0.25) is 5.02 Å². The van der Waals surface area contributed by atoms with Crippen molar-refractivity contribution in [1.29, 1.82) is 0 Å². The van der Waals surface area contributed by atoms with Crippen molar-refractivity contribution in [2.75, 3.05) is 10.0 Å². The van der Waals surface area contributed by atoms with Gasteiger partial charge in [0.1, 0.15) is 5.82 Å². The van der Waals surface area contributed by atoms with Gasteiger partial charge in [-0.2, -0.15) is 0 Å². The van der Waals surface area contributed by atoms with Crippen molar-refractivity contribution in [1.82, 2.24) is 4.98 Å². The number of nitrogens with zero attached hydrogens (tertiary/aromatic N) is 1. The van der Waals surface area contributed by atoms with E-state index in [0.717, 1.165) is 11.4 Å². The van der Waals surface area contributed by atoms with Gasteiger partial charge < -0.3 is 5.32 Å². The van der Waals surface area contributed by atoms with Gasteiger partial charge in [0.15, 0.2) is 0 Å². The largest absolute Gasteiger partial charge is 0.354 e. The Bertz CT molecular complexity index is 955. The maximum atomic E-state index is 12.3. The minimum Gasteiger partial charge on any atom is -0.354 e. The van der Waals surface area contributed by atoms with Crippen LogP contribution in [0, 0.1) is 6.92 Å². The zero-order valence-electron chi connectivity index (χ0n) is 13.4. The minimum atomic E-state index is -3.70. The number of anilines is 3. The fraction of sp³-hybridized carbons (Fsp3) is 0.0556. The van der Waals surface area contributed by atoms with E-state index in [0.29, 0.717) is 5.02 Å². The van der Waals surface area contributed by atoms with Gasteiger partial charge in [-0.15, -0.1) is 0 Å². The number of pyridine rings is 1. The molecule has 0 atom stereocenters. The molecule has 0 saturated heterocycles. The van der Waals surface area contributed by atoms with Gasteiger partial charge >= 0.3 is 0 Å². The first kappa shape index (κ1) is 17.3. The highest BCUT2D eigenvalue weighted by Gasteiger charge is 2.14. The molecule has 128 valence electrons. The molecule has 0 bridgehead atoms. The molecule has 0 aliphatic rings. The van der Waals surface area contributed by atoms with Crippen LogP contribution in [0.1, 0.15) is 5.56 Å². The normalized spacial score (nSPS) is 11.1. The molecule has 0 amide bonds. The quantitative estimate of drug-likeness (QED) is 0.686. The average molecular weight is 374 g/mol. The number of benzene rings is 2. The molecule has 2 N–H and O–H groups in total. The standard InChI is InChI=1S/C18H16ClN3O2S/c1-13-2-6-15(7-3-13)21-16-8-11-18(20-12-16)22-25(23,24)17-9-4-14(19)5-10-17/h2-12,21H,1H3,(H,20,22). The molecule has 1 aromatic heterocycles. The van der Waals surface area contributed by atoms with Crippen LogP contribution >= 0.6 is 11.6 Å². The molecular weight excluding hydrogens is 358 g/mol. The highest BCUT2D eigenvalue weighted by atomic mass is 35.5. The zero-order chi connectivity index (χ0) is 17.9. The summed E-state index contributed by atoms with van der Waals surface area (Å²) in [5, 5.41) is 3.68. The van der Waals surface area contributed by atoms with Crippen LogP contribution in [0.4, 0.5) is 17.2 Å². The first-order valence-corrected chi connectivity index (χ1v) is 9.37. The predicted octanol–water partition coefficient (Wildman–Crippen LogP) is 4.59. The van der Waals surface area contributed by atoms with Crippen LogP contribution in [0.25, 0.3) is 0 Å². The number of sulfonamides is 1. The van der Waals surface area contributed by atoms with E-state index in [9.17, 15) is 8.42 Å². The summed E-state index contributed by atoms with van der Waals surface area (Å²) in [5.74, 6) is 0.240. The van der Waals surface area contributed by atoms with E-state index in [4.69, 9.17) is 11.6 Å². The monoisotopic (exact) mass is 373 g/mol. The van der Waals surface area contributed by atoms with Gasteiger partial charge in [0.05, 0.1) is 16.8 Å². The Kier molecular flexibility index (Phi) is 4.92. The van der Waals surface area contributed by atoms with Crippen molar-refractivity contribution >= 4 is 38.8 Å². The molecule has 1 heterocycles. The first-order chi connectivity index (χ1) is 11.9. The van der Waals surface area contributed by atoms with E-state index in [-0.39, 0.29) is 10.7 Å². The Morgan fingerprint density at radius 1 is 0.880 bits per heavy atom. The summed E-state index contributed by atoms with van der Waals surface area (Å²) in [7, 11) is -3.70. The Labute approximate surface area is 151 Å². The molecule has 0 radical (unpaired) electrons. The van der Waals surface area contributed by atoms with Gasteiger partial charge in [0.2, 0.25) is 0 Å². The minimum absolute atomic E-state index is 0.126. The SMILES string of the molecule is Cc1ccc(Nc2ccc(NS(=O)(=O)c3ccc(Cl)cc3)nc2)cc1. The molecule has 5 nitrogen and oxygen atoms in total. The van der Waals surface area contributed by atoms with Crippen LogP contribution in [0.3, 0.4) is 0 Å². The second-order valence-corrected chi connectivity index (χ2v) is 7.60. The van der Waals surface area contributed by atoms with Crippen molar-refractivity contribution in [3.8, 4) is 0 Å². The van der Waals surface area contributed by atoms with Gasteiger partial charge in [-0.3, -0.25) is 4.72 Å². The smallest absolute Gasteiger partial charge is 0.263 e. The Balaban J connectivity index is 1.71. The second kappa shape index (κ2) is 7.13. The molecule has 7 heteroatoms. The number of rotatable bonds is 5. The van der Waals surface area contributed by atoms with Crippen LogP contribution in [0.15, 0.2) is 71.8 Å². The number of halogens is 1. The zero-order valence-corrected chi connectivity index (χ0v) is 15.0. The van der Waals surface area contributed by atoms with Gasteiger partial charge in [0, 0.05) is 10.7 Å². The van der Waals surface area contributed by atoms with Gasteiger partial charge in [-0.25, -0.2) is 13.4 Å². The third-order valence-electron chi connectivity index (χ3n) is 3.47. The molecule has 3 aromatic rings. The van der Waals surface area contributed by atoms with Crippen molar-refractivity contribution in [3.05, 3.63) is 77.4 Å². The molecule has 3 rings (SSSR count). The van der Waals surface area contributed by atoms with Crippen molar-refractivity contribution in [3.63, 3.8) is 0 Å². The van der Waals surface area contributed by atoms with E-state index in [1.54, 1.807) is 18.3 Å². The lowest BCUT2D eigenvalue weighted by molar-refractivity contribution is 0.601. The van der Waals surface area contributed by atoms with E-state index in [2.05, 4.69) is 15.0 Å². The Morgan fingerprint density at radius 3 is 2.12 bits per heavy atom. The maximum absolute atomic E-state index is 12.3. The second-order valence-electron chi connectivity index (χ2n) is 5.48. The first-order valence-electron chi connectivity index (χ1n) is 7.50. The van der Waals surface area contributed by atoms with Crippen molar-refractivity contribution < 1.29 is 8.42 Å². The lowest BCUT2D eigenvalue weighted by Crippen LogP contribution is -2.13. The number of aromatic nitrogens is 1. The summed E-state index contributed by atoms with van der Waals surface area (Å²) >= 11 is 5.78. The molecule has 0 unspecified atom stereocenters. The van der Waals surface area contributed by atoms with Crippen molar-refractivity contribution in [2.24, 2.45) is 0 Å². The van der Waals surface area contributed by atoms with E-state index in [1.807, 2.05) is 31.2 Å². The molecule has 0 fully saturated rings. The van der Waals surface area contributed by atoms with Gasteiger partial charge in [0.25, 0.3) is 10.0 Å². The molecule has 2 aromatic carbocycles. The maximum Gasteiger partial charge on any atom is 0.263 e. The lowest BCUT2D eigenvalue weighted by Gasteiger charge is -2.09. The summed E-state index contributed by atoms with van der Waals surface area (Å²) in [6.07, 6.45) is 1.57. The predicted molar refractivity (Wildman–Crippen MR) is 101 cm³/mol. The third kappa shape index (κ3) is 4.49. The summed E-state index contributed by atoms with van der Waals surface area (Å²) in [5.41, 5.74) is 2.87. The number of aryl methyl sites for hydroxylation is 1. The molecule has 0 spiro atoms. The molecule has 0 aliphatic carbocycles. The lowest BCUT2D eigenvalue weighted by atomic mass is 10.2. The van der Waals surface area contributed by atoms with E-state index in [1.165, 1.54) is 29.8 Å². The highest BCUT2D eigenvalue weighted by Crippen LogP contribution is 2.20. The fourth-order valence-corrected chi connectivity index (χ4v) is 3.28. The van der Waals surface area contributed by atoms with Crippen molar-refractivity contribution in [2.45, 2.75) is 11.8 Å². The number of nitrogens with one attached hydrogen (secondary N) is 2. The molecule has 25 heavy (non-hydrogen) atoms. The molecule has 0 aliphatic heterocycles. The summed E-state index contributed by atoms with van der Waals surface area (Å²) in [6.45, 7) is 2.02. The topological polar surface area (TPSA) is 71.1 Å². The number of hydrogen-bond acceptors (Lipinski definition) is 4. The third-order valence-corrected chi connectivity index (χ3v) is 5.09. The van der Waals surface area contributed by atoms with Gasteiger partial charge in [-0.1, -0.05) is 29.3 Å². The van der Waals surface area contributed by atoms with Gasteiger partial charge in [-0.05, 0) is 55.5 Å². The van der Waals surface area contributed by atoms with Crippen LogP contribution < -0.4 is 10.0 Å². The van der Waals surface area contributed by atoms with Crippen LogP contribution in [-0.2, 0) is 10.0 Å². The molecule has 0 saturated carbocycles. The fourth-order valence-electron chi connectivity index (χ4n) is 2.14.